The third-order valence-electron chi connectivity index (χ3n) is 5.87. The first kappa shape index (κ1) is 19.2. The zero-order chi connectivity index (χ0) is 20.5. The van der Waals surface area contributed by atoms with Crippen molar-refractivity contribution in [3.8, 4) is 0 Å². The minimum atomic E-state index is -0.835. The van der Waals surface area contributed by atoms with Gasteiger partial charge in [0.15, 0.2) is 0 Å². The molecule has 0 spiro atoms. The third kappa shape index (κ3) is 3.75. The molecule has 29 heavy (non-hydrogen) atoms. The number of halogens is 1. The van der Waals surface area contributed by atoms with Gasteiger partial charge in [-0.05, 0) is 53.8 Å². The van der Waals surface area contributed by atoms with E-state index in [9.17, 15) is 19.1 Å². The van der Waals surface area contributed by atoms with Gasteiger partial charge in [-0.25, -0.2) is 4.39 Å². The lowest BCUT2D eigenvalue weighted by molar-refractivity contribution is -0.136. The summed E-state index contributed by atoms with van der Waals surface area (Å²) in [5.74, 6) is -1.15. The highest BCUT2D eigenvalue weighted by Gasteiger charge is 2.30. The van der Waals surface area contributed by atoms with Gasteiger partial charge in [0.05, 0.1) is 12.8 Å². The van der Waals surface area contributed by atoms with E-state index in [0.717, 1.165) is 40.7 Å². The van der Waals surface area contributed by atoms with E-state index in [4.69, 9.17) is 0 Å². The maximum Gasteiger partial charge on any atom is 0.307 e. The molecule has 1 aliphatic carbocycles. The van der Waals surface area contributed by atoms with E-state index in [-0.39, 0.29) is 30.6 Å². The number of likely N-dealkylation sites (N-methyl/N-ethyl adjacent to an activating group) is 1. The molecule has 0 aliphatic heterocycles. The molecule has 2 aromatic heterocycles. The lowest BCUT2D eigenvalue weighted by atomic mass is 9.89. The number of nitrogens with zero attached hydrogens (tertiary/aromatic N) is 2. The molecule has 1 amide bonds. The molecule has 1 atom stereocenters. The van der Waals surface area contributed by atoms with Crippen LogP contribution >= 0.6 is 0 Å². The molecule has 0 bridgehead atoms. The Balaban J connectivity index is 1.57. The first-order valence-corrected chi connectivity index (χ1v) is 9.75. The normalized spacial score (nSPS) is 15.9. The van der Waals surface area contributed by atoms with E-state index in [1.54, 1.807) is 17.0 Å². The Morgan fingerprint density at radius 3 is 2.66 bits per heavy atom. The van der Waals surface area contributed by atoms with E-state index in [1.165, 1.54) is 12.1 Å². The Kier molecular flexibility index (Phi) is 5.09. The number of benzene rings is 1. The van der Waals surface area contributed by atoms with Crippen LogP contribution in [0.3, 0.4) is 0 Å². The maximum absolute atomic E-state index is 13.1. The summed E-state index contributed by atoms with van der Waals surface area (Å²) in [4.78, 5) is 25.9. The van der Waals surface area contributed by atoms with Crippen LogP contribution in [0.5, 0.6) is 0 Å². The average Bonchev–Trinajstić information content (AvgIpc) is 3.02. The molecule has 2 heterocycles. The van der Waals surface area contributed by atoms with Crippen LogP contribution in [-0.2, 0) is 35.3 Å². The largest absolute Gasteiger partial charge is 0.481 e. The highest BCUT2D eigenvalue weighted by atomic mass is 19.1. The second-order valence-electron chi connectivity index (χ2n) is 7.63. The summed E-state index contributed by atoms with van der Waals surface area (Å²) in [6.07, 6.45) is 4.43. The summed E-state index contributed by atoms with van der Waals surface area (Å²) in [5, 5.41) is 9.33. The molecular weight excluding hydrogens is 371 g/mol. The monoisotopic (exact) mass is 394 g/mol. The van der Waals surface area contributed by atoms with Crippen LogP contribution in [0.15, 0.2) is 48.7 Å². The van der Waals surface area contributed by atoms with Gasteiger partial charge < -0.3 is 14.4 Å². The van der Waals surface area contributed by atoms with Crippen molar-refractivity contribution in [2.24, 2.45) is 0 Å². The molecule has 4 rings (SSSR count). The molecular formula is C23H23FN2O3. The highest BCUT2D eigenvalue weighted by molar-refractivity contribution is 5.79. The van der Waals surface area contributed by atoms with Crippen LogP contribution in [0.25, 0.3) is 5.52 Å². The topological polar surface area (TPSA) is 62.0 Å². The fourth-order valence-electron chi connectivity index (χ4n) is 4.34. The number of aliphatic carboxylic acids is 1. The van der Waals surface area contributed by atoms with Crippen molar-refractivity contribution in [1.82, 2.24) is 9.30 Å². The van der Waals surface area contributed by atoms with Crippen molar-refractivity contribution in [2.45, 2.75) is 38.1 Å². The molecule has 150 valence electrons. The summed E-state index contributed by atoms with van der Waals surface area (Å²) in [6.45, 7) is 0. The second-order valence-corrected chi connectivity index (χ2v) is 7.63. The molecule has 0 saturated carbocycles. The van der Waals surface area contributed by atoms with E-state index in [1.807, 2.05) is 31.4 Å². The number of hydrogen-bond acceptors (Lipinski definition) is 2. The number of carbonyl (C=O) groups excluding carboxylic acids is 1. The molecule has 3 aromatic rings. The minimum Gasteiger partial charge on any atom is -0.481 e. The van der Waals surface area contributed by atoms with E-state index in [2.05, 4.69) is 4.40 Å². The van der Waals surface area contributed by atoms with Crippen molar-refractivity contribution < 1.29 is 19.1 Å². The van der Waals surface area contributed by atoms with Crippen molar-refractivity contribution in [3.05, 3.63) is 76.9 Å². The molecule has 1 N–H and O–H groups in total. The van der Waals surface area contributed by atoms with Crippen LogP contribution in [0, 0.1) is 5.82 Å². The van der Waals surface area contributed by atoms with E-state index < -0.39 is 5.97 Å². The number of aromatic nitrogens is 1. The third-order valence-corrected chi connectivity index (χ3v) is 5.87. The predicted molar refractivity (Wildman–Crippen MR) is 107 cm³/mol. The smallest absolute Gasteiger partial charge is 0.307 e. The standard InChI is InChI=1S/C23H23FN2O3/c1-25(22(27)12-15-5-7-16(24)8-6-15)17-9-10-18-19(14-23(28)29)20-4-2-3-11-26(20)21(18)13-17/h2-8,11,17H,9-10,12-14H2,1H3,(H,28,29)/t17-/m0/s1. The fraction of sp³-hybridized carbons (Fsp3) is 0.304. The van der Waals surface area contributed by atoms with Crippen LogP contribution in [0.2, 0.25) is 0 Å². The van der Waals surface area contributed by atoms with Crippen LogP contribution in [0.4, 0.5) is 4.39 Å². The summed E-state index contributed by atoms with van der Waals surface area (Å²) in [5.41, 5.74) is 4.80. The Morgan fingerprint density at radius 2 is 1.93 bits per heavy atom. The van der Waals surface area contributed by atoms with Gasteiger partial charge in [0, 0.05) is 36.9 Å². The number of rotatable bonds is 5. The molecule has 0 saturated heterocycles. The lowest BCUT2D eigenvalue weighted by Crippen LogP contribution is -2.41. The van der Waals surface area contributed by atoms with Gasteiger partial charge in [0.1, 0.15) is 5.82 Å². The number of pyridine rings is 1. The van der Waals surface area contributed by atoms with Crippen molar-refractivity contribution in [2.75, 3.05) is 7.05 Å². The number of fused-ring (bicyclic) bond motifs is 3. The molecule has 1 aromatic carbocycles. The van der Waals surface area contributed by atoms with Crippen molar-refractivity contribution >= 4 is 17.4 Å². The summed E-state index contributed by atoms with van der Waals surface area (Å²) in [7, 11) is 1.81. The first-order valence-electron chi connectivity index (χ1n) is 9.75. The lowest BCUT2D eigenvalue weighted by Gasteiger charge is -2.32. The van der Waals surface area contributed by atoms with Gasteiger partial charge in [-0.15, -0.1) is 0 Å². The molecule has 6 heteroatoms. The first-order chi connectivity index (χ1) is 13.9. The van der Waals surface area contributed by atoms with Gasteiger partial charge in [0.25, 0.3) is 0 Å². The maximum atomic E-state index is 13.1. The van der Waals surface area contributed by atoms with Gasteiger partial charge in [-0.3, -0.25) is 9.59 Å². The fourth-order valence-corrected chi connectivity index (χ4v) is 4.34. The molecule has 1 aliphatic rings. The average molecular weight is 394 g/mol. The molecule has 0 fully saturated rings. The van der Waals surface area contributed by atoms with Gasteiger partial charge >= 0.3 is 5.97 Å². The number of carboxylic acids is 1. The SMILES string of the molecule is CN(C(=O)Cc1ccc(F)cc1)[C@H]1CCc2c(CC(=O)O)c3ccccn3c2C1. The van der Waals surface area contributed by atoms with Gasteiger partial charge in [-0.2, -0.15) is 0 Å². The summed E-state index contributed by atoms with van der Waals surface area (Å²) in [6, 6.07) is 11.9. The summed E-state index contributed by atoms with van der Waals surface area (Å²) < 4.78 is 15.2. The van der Waals surface area contributed by atoms with Crippen LogP contribution < -0.4 is 0 Å². The van der Waals surface area contributed by atoms with E-state index in [0.29, 0.717) is 6.42 Å². The molecule has 5 nitrogen and oxygen atoms in total. The van der Waals surface area contributed by atoms with Crippen LogP contribution in [0.1, 0.15) is 28.8 Å². The summed E-state index contributed by atoms with van der Waals surface area (Å²) >= 11 is 0. The van der Waals surface area contributed by atoms with Crippen molar-refractivity contribution in [3.63, 3.8) is 0 Å². The molecule has 0 radical (unpaired) electrons. The quantitative estimate of drug-likeness (QED) is 0.723. The predicted octanol–water partition coefficient (Wildman–Crippen LogP) is 3.26. The minimum absolute atomic E-state index is 0.00307. The number of hydrogen-bond donors (Lipinski definition) is 1. The number of carboxylic acid groups (broad SMARTS) is 1. The van der Waals surface area contributed by atoms with Gasteiger partial charge in [0.2, 0.25) is 5.91 Å². The highest BCUT2D eigenvalue weighted by Crippen LogP contribution is 2.32. The number of carbonyl (C=O) groups is 2. The van der Waals surface area contributed by atoms with E-state index >= 15 is 0 Å². The zero-order valence-electron chi connectivity index (χ0n) is 16.3. The second kappa shape index (κ2) is 7.70. The van der Waals surface area contributed by atoms with Gasteiger partial charge in [-0.1, -0.05) is 18.2 Å². The Bertz CT molecular complexity index is 1070. The Hall–Kier alpha value is -3.15. The Labute approximate surface area is 168 Å². The number of amides is 1. The Morgan fingerprint density at radius 1 is 1.17 bits per heavy atom. The molecule has 0 unspecified atom stereocenters. The van der Waals surface area contributed by atoms with Crippen LogP contribution in [-0.4, -0.2) is 39.4 Å². The van der Waals surface area contributed by atoms with Crippen molar-refractivity contribution in [1.29, 1.82) is 0 Å². The zero-order valence-corrected chi connectivity index (χ0v) is 16.3.